The molecule has 0 unspecified atom stereocenters. The molecule has 2 aromatic rings. The molecule has 0 bridgehead atoms. The maximum Gasteiger partial charge on any atom is 0.407 e. The van der Waals surface area contributed by atoms with Crippen molar-refractivity contribution in [2.45, 2.75) is 50.1 Å². The Balaban J connectivity index is 1.10. The van der Waals surface area contributed by atoms with E-state index in [1.165, 1.54) is 22.3 Å². The van der Waals surface area contributed by atoms with Crippen molar-refractivity contribution < 1.29 is 24.2 Å². The largest absolute Gasteiger partial charge is 0.481 e. The second kappa shape index (κ2) is 8.89. The highest BCUT2D eigenvalue weighted by Crippen LogP contribution is 2.44. The fraction of sp³-hybridized carbons (Fsp3) is 0.423. The Morgan fingerprint density at radius 2 is 1.55 bits per heavy atom. The molecule has 2 fully saturated rings. The minimum Gasteiger partial charge on any atom is -0.481 e. The van der Waals surface area contributed by atoms with E-state index in [4.69, 9.17) is 4.74 Å². The number of aliphatic carboxylic acids is 1. The van der Waals surface area contributed by atoms with E-state index in [1.807, 2.05) is 24.3 Å². The minimum absolute atomic E-state index is 0.0108. The number of fused-ring (bicyclic) bond motifs is 3. The molecule has 2 aromatic carbocycles. The molecule has 33 heavy (non-hydrogen) atoms. The molecule has 0 heterocycles. The summed E-state index contributed by atoms with van der Waals surface area (Å²) in [5.41, 5.74) is 4.70. The average Bonchev–Trinajstić information content (AvgIpc) is 3.37. The van der Waals surface area contributed by atoms with Crippen molar-refractivity contribution in [1.82, 2.24) is 10.6 Å². The molecule has 0 saturated heterocycles. The van der Waals surface area contributed by atoms with Crippen LogP contribution in [0.5, 0.6) is 0 Å². The molecule has 7 heteroatoms. The van der Waals surface area contributed by atoms with Crippen molar-refractivity contribution >= 4 is 18.0 Å². The van der Waals surface area contributed by atoms with Gasteiger partial charge in [-0.05, 0) is 47.9 Å². The fourth-order valence-corrected chi connectivity index (χ4v) is 5.49. The maximum absolute atomic E-state index is 12.5. The van der Waals surface area contributed by atoms with Gasteiger partial charge >= 0.3 is 12.1 Å². The topological polar surface area (TPSA) is 105 Å². The number of carbonyl (C=O) groups is 3. The molecule has 2 atom stereocenters. The van der Waals surface area contributed by atoms with Gasteiger partial charge in [-0.1, -0.05) is 55.0 Å². The standard InChI is InChI=1S/C26H28N2O5/c29-24(28-23-11-5-10-21(23)25(30)31)15-12-16(13-15)27-26(32)33-14-22-19-8-3-1-6-17(19)18-7-2-4-9-20(18)22/h1-4,6-9,15-16,21-23H,5,10-14H2,(H,27,32)(H,28,29)(H,30,31)/t15?,16?,21-,23+/m1/s1. The zero-order valence-corrected chi connectivity index (χ0v) is 18.3. The second-order valence-electron chi connectivity index (χ2n) is 9.33. The summed E-state index contributed by atoms with van der Waals surface area (Å²) in [5, 5.41) is 15.0. The van der Waals surface area contributed by atoms with Crippen LogP contribution < -0.4 is 10.6 Å². The van der Waals surface area contributed by atoms with E-state index < -0.39 is 18.0 Å². The fourth-order valence-electron chi connectivity index (χ4n) is 5.49. The molecule has 0 aromatic heterocycles. The van der Waals surface area contributed by atoms with E-state index in [-0.39, 0.29) is 36.4 Å². The number of nitrogens with one attached hydrogen (secondary N) is 2. The molecule has 2 saturated carbocycles. The van der Waals surface area contributed by atoms with Crippen molar-refractivity contribution in [1.29, 1.82) is 0 Å². The Bertz CT molecular complexity index is 1030. The molecule has 7 nitrogen and oxygen atoms in total. The van der Waals surface area contributed by atoms with Crippen LogP contribution >= 0.6 is 0 Å². The summed E-state index contributed by atoms with van der Waals surface area (Å²) in [4.78, 5) is 36.2. The number of amides is 2. The third-order valence-corrected chi connectivity index (χ3v) is 7.34. The quantitative estimate of drug-likeness (QED) is 0.625. The van der Waals surface area contributed by atoms with E-state index in [0.717, 1.165) is 6.42 Å². The molecule has 3 N–H and O–H groups in total. The van der Waals surface area contributed by atoms with Gasteiger partial charge in [0.2, 0.25) is 5.91 Å². The normalized spacial score (nSPS) is 25.5. The summed E-state index contributed by atoms with van der Waals surface area (Å²) < 4.78 is 5.57. The zero-order valence-electron chi connectivity index (χ0n) is 18.3. The lowest BCUT2D eigenvalue weighted by molar-refractivity contribution is -0.142. The van der Waals surface area contributed by atoms with Crippen LogP contribution in [0.15, 0.2) is 48.5 Å². The molecular weight excluding hydrogens is 420 g/mol. The van der Waals surface area contributed by atoms with Gasteiger partial charge in [0.05, 0.1) is 5.92 Å². The van der Waals surface area contributed by atoms with Crippen LogP contribution in [-0.4, -0.2) is 41.8 Å². The highest BCUT2D eigenvalue weighted by atomic mass is 16.5. The first kappa shape index (κ1) is 21.5. The van der Waals surface area contributed by atoms with Crippen LogP contribution in [0.3, 0.4) is 0 Å². The van der Waals surface area contributed by atoms with Gasteiger partial charge in [-0.25, -0.2) is 4.79 Å². The highest BCUT2D eigenvalue weighted by molar-refractivity contribution is 5.82. The van der Waals surface area contributed by atoms with Crippen LogP contribution in [0, 0.1) is 11.8 Å². The number of alkyl carbamates (subject to hydrolysis) is 1. The number of hydrogen-bond acceptors (Lipinski definition) is 4. The molecule has 172 valence electrons. The Morgan fingerprint density at radius 1 is 0.909 bits per heavy atom. The molecule has 2 amide bonds. The Kier molecular flexibility index (Phi) is 5.79. The van der Waals surface area contributed by atoms with Gasteiger partial charge in [-0.15, -0.1) is 0 Å². The first-order valence-electron chi connectivity index (χ1n) is 11.7. The minimum atomic E-state index is -0.846. The van der Waals surface area contributed by atoms with Crippen LogP contribution in [0.2, 0.25) is 0 Å². The van der Waals surface area contributed by atoms with Gasteiger partial charge < -0.3 is 20.5 Å². The third kappa shape index (κ3) is 4.19. The summed E-state index contributed by atoms with van der Waals surface area (Å²) in [5.74, 6) is -1.64. The molecule has 3 aliphatic rings. The number of hydrogen-bond donors (Lipinski definition) is 3. The maximum atomic E-state index is 12.5. The summed E-state index contributed by atoms with van der Waals surface area (Å²) >= 11 is 0. The third-order valence-electron chi connectivity index (χ3n) is 7.34. The number of benzene rings is 2. The van der Waals surface area contributed by atoms with Crippen LogP contribution in [-0.2, 0) is 14.3 Å². The number of ether oxygens (including phenoxy) is 1. The average molecular weight is 449 g/mol. The molecule has 0 spiro atoms. The SMILES string of the molecule is O=C(NC1CC(C(=O)N[C@H]2CCC[C@H]2C(=O)O)C1)OCC1c2ccccc2-c2ccccc21. The first-order chi connectivity index (χ1) is 16.0. The molecule has 3 aliphatic carbocycles. The summed E-state index contributed by atoms with van der Waals surface area (Å²) in [6, 6.07) is 16.0. The molecule has 5 rings (SSSR count). The molecule has 0 radical (unpaired) electrons. The summed E-state index contributed by atoms with van der Waals surface area (Å²) in [7, 11) is 0. The van der Waals surface area contributed by atoms with E-state index in [0.29, 0.717) is 25.7 Å². The Labute approximate surface area is 192 Å². The lowest BCUT2D eigenvalue weighted by Gasteiger charge is -2.35. The number of carboxylic acids is 1. The highest BCUT2D eigenvalue weighted by Gasteiger charge is 2.40. The van der Waals surface area contributed by atoms with Crippen molar-refractivity contribution in [3.05, 3.63) is 59.7 Å². The Morgan fingerprint density at radius 3 is 2.18 bits per heavy atom. The van der Waals surface area contributed by atoms with Crippen molar-refractivity contribution in [2.75, 3.05) is 6.61 Å². The number of rotatable bonds is 6. The monoisotopic (exact) mass is 448 g/mol. The van der Waals surface area contributed by atoms with Gasteiger partial charge in [-0.2, -0.15) is 0 Å². The van der Waals surface area contributed by atoms with E-state index >= 15 is 0 Å². The van der Waals surface area contributed by atoms with Crippen LogP contribution in [0.4, 0.5) is 4.79 Å². The number of carbonyl (C=O) groups excluding carboxylic acids is 2. The van der Waals surface area contributed by atoms with Crippen molar-refractivity contribution in [3.8, 4) is 11.1 Å². The van der Waals surface area contributed by atoms with Gasteiger partial charge in [0.25, 0.3) is 0 Å². The van der Waals surface area contributed by atoms with Crippen LogP contribution in [0.1, 0.15) is 49.1 Å². The van der Waals surface area contributed by atoms with Gasteiger partial charge in [0.1, 0.15) is 6.61 Å². The van der Waals surface area contributed by atoms with Crippen molar-refractivity contribution in [3.63, 3.8) is 0 Å². The number of carboxylic acid groups (broad SMARTS) is 1. The van der Waals surface area contributed by atoms with E-state index in [9.17, 15) is 19.5 Å². The summed E-state index contributed by atoms with van der Waals surface area (Å²) in [6.07, 6.45) is 2.75. The molecular formula is C26H28N2O5. The van der Waals surface area contributed by atoms with E-state index in [1.54, 1.807) is 0 Å². The lowest BCUT2D eigenvalue weighted by Crippen LogP contribution is -2.52. The van der Waals surface area contributed by atoms with Gasteiger partial charge in [0.15, 0.2) is 0 Å². The van der Waals surface area contributed by atoms with Crippen molar-refractivity contribution in [2.24, 2.45) is 11.8 Å². The van der Waals surface area contributed by atoms with Crippen LogP contribution in [0.25, 0.3) is 11.1 Å². The second-order valence-corrected chi connectivity index (χ2v) is 9.33. The van der Waals surface area contributed by atoms with E-state index in [2.05, 4.69) is 34.9 Å². The zero-order chi connectivity index (χ0) is 22.9. The first-order valence-corrected chi connectivity index (χ1v) is 11.7. The Hall–Kier alpha value is -3.35. The molecule has 0 aliphatic heterocycles. The van der Waals surface area contributed by atoms with Gasteiger partial charge in [-0.3, -0.25) is 9.59 Å². The van der Waals surface area contributed by atoms with Gasteiger partial charge in [0, 0.05) is 23.9 Å². The predicted octanol–water partition coefficient (Wildman–Crippen LogP) is 3.67. The predicted molar refractivity (Wildman–Crippen MR) is 122 cm³/mol. The smallest absolute Gasteiger partial charge is 0.407 e. The summed E-state index contributed by atoms with van der Waals surface area (Å²) in [6.45, 7) is 0.259. The lowest BCUT2D eigenvalue weighted by atomic mass is 9.79.